The lowest BCUT2D eigenvalue weighted by atomic mass is 9.72. The number of carbonyl (C=O) groups is 1. The van der Waals surface area contributed by atoms with Crippen LogP contribution in [0.4, 0.5) is 0 Å². The molecule has 4 heterocycles. The Morgan fingerprint density at radius 1 is 1.21 bits per heavy atom. The van der Waals surface area contributed by atoms with Crippen LogP contribution in [0.5, 0.6) is 0 Å². The van der Waals surface area contributed by atoms with E-state index in [0.29, 0.717) is 37.6 Å². The van der Waals surface area contributed by atoms with Gasteiger partial charge < -0.3 is 9.64 Å². The van der Waals surface area contributed by atoms with Crippen molar-refractivity contribution in [2.75, 3.05) is 26.3 Å². The zero-order chi connectivity index (χ0) is 20.3. The molecule has 5 rings (SSSR count). The fourth-order valence-electron chi connectivity index (χ4n) is 4.51. The Hall–Kier alpha value is -2.06. The molecule has 0 N–H and O–H groups in total. The summed E-state index contributed by atoms with van der Waals surface area (Å²) in [6.45, 7) is 11.2. The van der Waals surface area contributed by atoms with Gasteiger partial charge in [0, 0.05) is 18.0 Å². The summed E-state index contributed by atoms with van der Waals surface area (Å²) in [4.78, 5) is 26.7. The van der Waals surface area contributed by atoms with Gasteiger partial charge in [0.2, 0.25) is 5.82 Å². The van der Waals surface area contributed by atoms with Gasteiger partial charge in [-0.2, -0.15) is 4.52 Å². The van der Waals surface area contributed by atoms with E-state index >= 15 is 0 Å². The van der Waals surface area contributed by atoms with Crippen LogP contribution in [0.1, 0.15) is 54.1 Å². The predicted octanol–water partition coefficient (Wildman–Crippen LogP) is 3.27. The second-order valence-electron chi connectivity index (χ2n) is 9.22. The average Bonchev–Trinajstić information content (AvgIpc) is 3.28. The van der Waals surface area contributed by atoms with Gasteiger partial charge in [0.25, 0.3) is 5.91 Å². The third kappa shape index (κ3) is 3.13. The summed E-state index contributed by atoms with van der Waals surface area (Å²) >= 11 is 1.79. The molecule has 1 aliphatic carbocycles. The summed E-state index contributed by atoms with van der Waals surface area (Å²) in [7, 11) is 0. The highest BCUT2D eigenvalue weighted by Crippen LogP contribution is 2.43. The number of hydrogen-bond acceptors (Lipinski definition) is 6. The van der Waals surface area contributed by atoms with E-state index in [9.17, 15) is 4.79 Å². The topological polar surface area (TPSA) is 72.6 Å². The molecule has 8 heteroatoms. The summed E-state index contributed by atoms with van der Waals surface area (Å²) in [5, 5.41) is 5.63. The minimum atomic E-state index is -0.124. The summed E-state index contributed by atoms with van der Waals surface area (Å²) in [5.41, 5.74) is 2.44. The number of morpholine rings is 1. The minimum Gasteiger partial charge on any atom is -0.378 e. The van der Waals surface area contributed by atoms with Crippen LogP contribution < -0.4 is 0 Å². The fraction of sp³-hybridized carbons (Fsp3) is 0.619. The molecule has 0 radical (unpaired) electrons. The number of thiophene rings is 1. The van der Waals surface area contributed by atoms with E-state index in [1.807, 2.05) is 6.92 Å². The van der Waals surface area contributed by atoms with Gasteiger partial charge in [-0.05, 0) is 43.1 Å². The first-order valence-corrected chi connectivity index (χ1v) is 11.2. The first kappa shape index (κ1) is 18.9. The molecule has 3 aromatic rings. The van der Waals surface area contributed by atoms with Crippen LogP contribution in [0.15, 0.2) is 0 Å². The highest BCUT2D eigenvalue weighted by molar-refractivity contribution is 7.19. The second kappa shape index (κ2) is 6.74. The molecule has 1 aliphatic heterocycles. The van der Waals surface area contributed by atoms with E-state index in [1.54, 1.807) is 20.8 Å². The zero-order valence-corrected chi connectivity index (χ0v) is 18.3. The Bertz CT molecular complexity index is 1100. The number of carbonyl (C=O) groups excluding carboxylic acids is 1. The van der Waals surface area contributed by atoms with Crippen LogP contribution in [-0.4, -0.2) is 56.7 Å². The highest BCUT2D eigenvalue weighted by atomic mass is 32.1. The van der Waals surface area contributed by atoms with Crippen molar-refractivity contribution in [1.29, 1.82) is 0 Å². The molecule has 1 fully saturated rings. The molecule has 2 aliphatic rings. The van der Waals surface area contributed by atoms with Crippen LogP contribution in [0.2, 0.25) is 0 Å². The van der Waals surface area contributed by atoms with Gasteiger partial charge in [-0.25, -0.2) is 9.97 Å². The van der Waals surface area contributed by atoms with Gasteiger partial charge in [-0.1, -0.05) is 20.8 Å². The lowest BCUT2D eigenvalue weighted by Gasteiger charge is -2.33. The van der Waals surface area contributed by atoms with Crippen LogP contribution in [0.3, 0.4) is 0 Å². The van der Waals surface area contributed by atoms with E-state index in [0.717, 1.165) is 34.5 Å². The monoisotopic (exact) mass is 413 g/mol. The van der Waals surface area contributed by atoms with Crippen LogP contribution in [0, 0.1) is 18.3 Å². The summed E-state index contributed by atoms with van der Waals surface area (Å²) < 4.78 is 7.11. The Morgan fingerprint density at radius 3 is 2.69 bits per heavy atom. The molecular weight excluding hydrogens is 386 g/mol. The number of amides is 1. The van der Waals surface area contributed by atoms with E-state index in [1.165, 1.54) is 16.9 Å². The largest absolute Gasteiger partial charge is 0.378 e. The number of aromatic nitrogens is 4. The lowest BCUT2D eigenvalue weighted by molar-refractivity contribution is 0.0295. The van der Waals surface area contributed by atoms with Gasteiger partial charge in [-0.15, -0.1) is 16.4 Å². The van der Waals surface area contributed by atoms with Crippen molar-refractivity contribution in [3.05, 3.63) is 22.1 Å². The van der Waals surface area contributed by atoms with Gasteiger partial charge in [0.1, 0.15) is 10.7 Å². The van der Waals surface area contributed by atoms with E-state index in [2.05, 4.69) is 25.9 Å². The summed E-state index contributed by atoms with van der Waals surface area (Å²) in [5.74, 6) is 1.58. The maximum atomic E-state index is 12.9. The van der Waals surface area contributed by atoms with Crippen molar-refractivity contribution in [3.8, 4) is 0 Å². The minimum absolute atomic E-state index is 0.124. The number of nitrogens with zero attached hydrogens (tertiary/aromatic N) is 5. The number of rotatable bonds is 1. The number of aryl methyl sites for hydroxylation is 2. The van der Waals surface area contributed by atoms with Crippen molar-refractivity contribution in [1.82, 2.24) is 24.5 Å². The lowest BCUT2D eigenvalue weighted by Crippen LogP contribution is -2.41. The van der Waals surface area contributed by atoms with Crippen molar-refractivity contribution in [2.24, 2.45) is 11.3 Å². The van der Waals surface area contributed by atoms with Crippen LogP contribution in [0.25, 0.3) is 15.9 Å². The van der Waals surface area contributed by atoms with Gasteiger partial charge in [-0.3, -0.25) is 4.79 Å². The first-order valence-electron chi connectivity index (χ1n) is 10.4. The van der Waals surface area contributed by atoms with Gasteiger partial charge in [0.05, 0.1) is 18.6 Å². The molecule has 0 aromatic carbocycles. The summed E-state index contributed by atoms with van der Waals surface area (Å²) in [6.07, 6.45) is 3.31. The Balaban J connectivity index is 1.60. The molecule has 0 saturated carbocycles. The first-order chi connectivity index (χ1) is 13.8. The molecule has 0 spiro atoms. The highest BCUT2D eigenvalue weighted by Gasteiger charge is 2.32. The second-order valence-corrected chi connectivity index (χ2v) is 10.3. The van der Waals surface area contributed by atoms with E-state index in [-0.39, 0.29) is 11.7 Å². The molecule has 1 saturated heterocycles. The third-order valence-corrected chi connectivity index (χ3v) is 7.51. The van der Waals surface area contributed by atoms with Crippen molar-refractivity contribution in [2.45, 2.75) is 47.0 Å². The normalized spacial score (nSPS) is 20.4. The number of ether oxygens (including phenoxy) is 1. The molecule has 7 nitrogen and oxygen atoms in total. The average molecular weight is 414 g/mol. The zero-order valence-electron chi connectivity index (χ0n) is 17.5. The SMILES string of the molecule is Cc1nc2sc3c(c2c2nc(C(=O)N4CCOCC4)nn12)CC[C@@H](C(C)(C)C)C3. The number of fused-ring (bicyclic) bond motifs is 5. The Morgan fingerprint density at radius 2 is 1.97 bits per heavy atom. The van der Waals surface area contributed by atoms with E-state index < -0.39 is 0 Å². The molecule has 3 aromatic heterocycles. The number of hydrogen-bond donors (Lipinski definition) is 0. The van der Waals surface area contributed by atoms with Gasteiger partial charge in [0.15, 0.2) is 5.65 Å². The smallest absolute Gasteiger partial charge is 0.293 e. The third-order valence-electron chi connectivity index (χ3n) is 6.36. The standard InChI is InChI=1S/C21H27N5O2S/c1-12-22-19-16(14-6-5-13(21(2,3)4)11-15(14)29-19)18-23-17(24-26(12)18)20(27)25-7-9-28-10-8-25/h13H,5-11H2,1-4H3/t13-/m1/s1. The molecule has 29 heavy (non-hydrogen) atoms. The van der Waals surface area contributed by atoms with Crippen molar-refractivity contribution < 1.29 is 9.53 Å². The Kier molecular flexibility index (Phi) is 4.40. The fourth-order valence-corrected chi connectivity index (χ4v) is 5.85. The Labute approximate surface area is 174 Å². The molecule has 0 bridgehead atoms. The summed E-state index contributed by atoms with van der Waals surface area (Å²) in [6, 6.07) is 0. The molecule has 154 valence electrons. The van der Waals surface area contributed by atoms with E-state index in [4.69, 9.17) is 14.7 Å². The molecule has 1 atom stereocenters. The van der Waals surface area contributed by atoms with Gasteiger partial charge >= 0.3 is 0 Å². The predicted molar refractivity (Wildman–Crippen MR) is 113 cm³/mol. The van der Waals surface area contributed by atoms with Crippen molar-refractivity contribution >= 4 is 33.1 Å². The maximum absolute atomic E-state index is 12.9. The molecule has 1 amide bonds. The maximum Gasteiger partial charge on any atom is 0.293 e. The quantitative estimate of drug-likeness (QED) is 0.612. The van der Waals surface area contributed by atoms with Crippen LogP contribution in [-0.2, 0) is 17.6 Å². The molecule has 0 unspecified atom stereocenters. The van der Waals surface area contributed by atoms with Crippen molar-refractivity contribution in [3.63, 3.8) is 0 Å². The molecular formula is C21H27N5O2S. The van der Waals surface area contributed by atoms with Crippen LogP contribution >= 0.6 is 11.3 Å².